The Hall–Kier alpha value is -0.830. The maximum absolute atomic E-state index is 11.1. The van der Waals surface area contributed by atoms with Gasteiger partial charge in [0.1, 0.15) is 0 Å². The number of ether oxygens (including phenoxy) is 1. The standard InChI is InChI=1S/C13H23NO2/c1-4-16-13(15)7-5-6-12-8-9-14(10-12)11(2)3/h5,7,11-12H,4,6,8-10H2,1-3H3/b7-5+. The monoisotopic (exact) mass is 225 g/mol. The number of hydrogen-bond acceptors (Lipinski definition) is 3. The van der Waals surface area contributed by atoms with E-state index in [1.54, 1.807) is 6.08 Å². The van der Waals surface area contributed by atoms with Crippen LogP contribution in [0.2, 0.25) is 0 Å². The zero-order valence-corrected chi connectivity index (χ0v) is 10.6. The minimum absolute atomic E-state index is 0.221. The van der Waals surface area contributed by atoms with Crippen molar-refractivity contribution in [2.45, 2.75) is 39.7 Å². The quantitative estimate of drug-likeness (QED) is 0.531. The van der Waals surface area contributed by atoms with Crippen molar-refractivity contribution < 1.29 is 9.53 Å². The van der Waals surface area contributed by atoms with E-state index in [1.165, 1.54) is 13.0 Å². The van der Waals surface area contributed by atoms with Gasteiger partial charge in [-0.25, -0.2) is 4.79 Å². The Morgan fingerprint density at radius 1 is 1.56 bits per heavy atom. The Morgan fingerprint density at radius 3 is 2.88 bits per heavy atom. The minimum Gasteiger partial charge on any atom is -0.463 e. The van der Waals surface area contributed by atoms with Gasteiger partial charge in [-0.15, -0.1) is 0 Å². The van der Waals surface area contributed by atoms with Gasteiger partial charge in [-0.3, -0.25) is 0 Å². The van der Waals surface area contributed by atoms with Crippen molar-refractivity contribution in [3.63, 3.8) is 0 Å². The second-order valence-corrected chi connectivity index (χ2v) is 4.63. The van der Waals surface area contributed by atoms with Crippen LogP contribution in [0, 0.1) is 5.92 Å². The van der Waals surface area contributed by atoms with Gasteiger partial charge in [0.25, 0.3) is 0 Å². The highest BCUT2D eigenvalue weighted by Crippen LogP contribution is 2.21. The Bertz CT molecular complexity index is 248. The molecule has 92 valence electrons. The van der Waals surface area contributed by atoms with E-state index in [1.807, 2.05) is 13.0 Å². The van der Waals surface area contributed by atoms with Crippen molar-refractivity contribution in [3.05, 3.63) is 12.2 Å². The molecule has 3 heteroatoms. The van der Waals surface area contributed by atoms with E-state index in [2.05, 4.69) is 18.7 Å². The molecule has 0 aliphatic carbocycles. The van der Waals surface area contributed by atoms with Crippen molar-refractivity contribution in [2.24, 2.45) is 5.92 Å². The van der Waals surface area contributed by atoms with Gasteiger partial charge in [0.15, 0.2) is 0 Å². The summed E-state index contributed by atoms with van der Waals surface area (Å²) in [5, 5.41) is 0. The van der Waals surface area contributed by atoms with E-state index >= 15 is 0 Å². The zero-order chi connectivity index (χ0) is 12.0. The van der Waals surface area contributed by atoms with Crippen LogP contribution in [0.1, 0.15) is 33.6 Å². The molecule has 0 aromatic heterocycles. The molecule has 1 atom stereocenters. The molecule has 1 heterocycles. The SMILES string of the molecule is CCOC(=O)/C=C/CC1CCN(C(C)C)C1. The summed E-state index contributed by atoms with van der Waals surface area (Å²) in [5.41, 5.74) is 0. The summed E-state index contributed by atoms with van der Waals surface area (Å²) in [6.07, 6.45) is 5.74. The van der Waals surface area contributed by atoms with Gasteiger partial charge in [-0.2, -0.15) is 0 Å². The smallest absolute Gasteiger partial charge is 0.330 e. The van der Waals surface area contributed by atoms with Crippen LogP contribution in [0.15, 0.2) is 12.2 Å². The van der Waals surface area contributed by atoms with Crippen LogP contribution in [0.25, 0.3) is 0 Å². The summed E-state index contributed by atoms with van der Waals surface area (Å²) in [6.45, 7) is 9.09. The lowest BCUT2D eigenvalue weighted by Gasteiger charge is -2.19. The molecule has 0 amide bonds. The second-order valence-electron chi connectivity index (χ2n) is 4.63. The molecule has 1 rings (SSSR count). The molecule has 1 saturated heterocycles. The molecule has 0 aromatic carbocycles. The zero-order valence-electron chi connectivity index (χ0n) is 10.6. The largest absolute Gasteiger partial charge is 0.463 e. The molecular weight excluding hydrogens is 202 g/mol. The summed E-state index contributed by atoms with van der Waals surface area (Å²) in [6, 6.07) is 0.638. The number of likely N-dealkylation sites (tertiary alicyclic amines) is 1. The van der Waals surface area contributed by atoms with E-state index in [4.69, 9.17) is 4.74 Å². The van der Waals surface area contributed by atoms with Crippen molar-refractivity contribution >= 4 is 5.97 Å². The normalized spacial score (nSPS) is 22.1. The highest BCUT2D eigenvalue weighted by Gasteiger charge is 2.22. The van der Waals surface area contributed by atoms with Gasteiger partial charge in [0.2, 0.25) is 0 Å². The van der Waals surface area contributed by atoms with Crippen molar-refractivity contribution in [1.29, 1.82) is 0 Å². The summed E-state index contributed by atoms with van der Waals surface area (Å²) < 4.78 is 4.83. The first-order valence-corrected chi connectivity index (χ1v) is 6.20. The topological polar surface area (TPSA) is 29.5 Å². The number of carbonyl (C=O) groups excluding carboxylic acids is 1. The Kier molecular flexibility index (Phi) is 5.53. The van der Waals surface area contributed by atoms with E-state index in [0.717, 1.165) is 13.0 Å². The van der Waals surface area contributed by atoms with Gasteiger partial charge in [-0.05, 0) is 46.1 Å². The van der Waals surface area contributed by atoms with E-state index < -0.39 is 0 Å². The highest BCUT2D eigenvalue weighted by molar-refractivity contribution is 5.81. The maximum Gasteiger partial charge on any atom is 0.330 e. The number of rotatable bonds is 5. The fraction of sp³-hybridized carbons (Fsp3) is 0.769. The predicted octanol–water partition coefficient (Wildman–Crippen LogP) is 2.23. The molecule has 1 unspecified atom stereocenters. The Labute approximate surface area is 98.5 Å². The van der Waals surface area contributed by atoms with Crippen LogP contribution in [0.5, 0.6) is 0 Å². The van der Waals surface area contributed by atoms with Crippen LogP contribution < -0.4 is 0 Å². The van der Waals surface area contributed by atoms with E-state index in [0.29, 0.717) is 18.6 Å². The summed E-state index contributed by atoms with van der Waals surface area (Å²) in [5.74, 6) is 0.481. The Balaban J connectivity index is 2.22. The number of carbonyl (C=O) groups is 1. The lowest BCUT2D eigenvalue weighted by molar-refractivity contribution is -0.137. The van der Waals surface area contributed by atoms with Crippen LogP contribution in [-0.4, -0.2) is 36.6 Å². The molecule has 3 nitrogen and oxygen atoms in total. The lowest BCUT2D eigenvalue weighted by Crippen LogP contribution is -2.28. The van der Waals surface area contributed by atoms with Gasteiger partial charge in [0, 0.05) is 18.7 Å². The first-order chi connectivity index (χ1) is 7.63. The third-order valence-electron chi connectivity index (χ3n) is 3.06. The molecular formula is C13H23NO2. The fourth-order valence-corrected chi connectivity index (χ4v) is 2.07. The molecule has 1 aliphatic heterocycles. The first-order valence-electron chi connectivity index (χ1n) is 6.20. The number of allylic oxidation sites excluding steroid dienone is 1. The summed E-state index contributed by atoms with van der Waals surface area (Å²) in [4.78, 5) is 13.6. The van der Waals surface area contributed by atoms with Crippen molar-refractivity contribution in [2.75, 3.05) is 19.7 Å². The van der Waals surface area contributed by atoms with Crippen LogP contribution >= 0.6 is 0 Å². The van der Waals surface area contributed by atoms with E-state index in [-0.39, 0.29) is 5.97 Å². The molecule has 1 fully saturated rings. The molecule has 0 bridgehead atoms. The van der Waals surface area contributed by atoms with Crippen LogP contribution in [0.4, 0.5) is 0 Å². The number of esters is 1. The number of hydrogen-bond donors (Lipinski definition) is 0. The molecule has 16 heavy (non-hydrogen) atoms. The molecule has 0 N–H and O–H groups in total. The third kappa shape index (κ3) is 4.35. The van der Waals surface area contributed by atoms with E-state index in [9.17, 15) is 4.79 Å². The van der Waals surface area contributed by atoms with Crippen LogP contribution in [-0.2, 0) is 9.53 Å². The Morgan fingerprint density at radius 2 is 2.31 bits per heavy atom. The summed E-state index contributed by atoms with van der Waals surface area (Å²) in [7, 11) is 0. The predicted molar refractivity (Wildman–Crippen MR) is 65.2 cm³/mol. The summed E-state index contributed by atoms with van der Waals surface area (Å²) >= 11 is 0. The lowest BCUT2D eigenvalue weighted by atomic mass is 10.1. The molecule has 0 radical (unpaired) electrons. The molecule has 0 saturated carbocycles. The number of nitrogens with zero attached hydrogens (tertiary/aromatic N) is 1. The van der Waals surface area contributed by atoms with Gasteiger partial charge >= 0.3 is 5.97 Å². The van der Waals surface area contributed by atoms with Gasteiger partial charge in [0.05, 0.1) is 6.61 Å². The minimum atomic E-state index is -0.221. The second kappa shape index (κ2) is 6.69. The molecule has 0 aromatic rings. The molecule has 0 spiro atoms. The molecule has 1 aliphatic rings. The van der Waals surface area contributed by atoms with Crippen molar-refractivity contribution in [1.82, 2.24) is 4.90 Å². The highest BCUT2D eigenvalue weighted by atomic mass is 16.5. The average Bonchev–Trinajstić information content (AvgIpc) is 2.67. The third-order valence-corrected chi connectivity index (χ3v) is 3.06. The fourth-order valence-electron chi connectivity index (χ4n) is 2.07. The van der Waals surface area contributed by atoms with Crippen molar-refractivity contribution in [3.8, 4) is 0 Å². The average molecular weight is 225 g/mol. The first kappa shape index (κ1) is 13.2. The van der Waals surface area contributed by atoms with Gasteiger partial charge < -0.3 is 9.64 Å². The maximum atomic E-state index is 11.1. The van der Waals surface area contributed by atoms with Gasteiger partial charge in [-0.1, -0.05) is 6.08 Å². The van der Waals surface area contributed by atoms with Crippen LogP contribution in [0.3, 0.4) is 0 Å².